The molecule has 136 valence electrons. The highest BCUT2D eigenvalue weighted by molar-refractivity contribution is 6.31. The van der Waals surface area contributed by atoms with E-state index in [1.54, 1.807) is 0 Å². The van der Waals surface area contributed by atoms with Gasteiger partial charge in [0, 0.05) is 12.1 Å². The Kier molecular flexibility index (Phi) is 11.5. The van der Waals surface area contributed by atoms with E-state index in [9.17, 15) is 9.18 Å². The Bertz CT molecular complexity index is 479. The summed E-state index contributed by atoms with van der Waals surface area (Å²) in [4.78, 5) is 11.8. The van der Waals surface area contributed by atoms with Crippen molar-refractivity contribution in [3.63, 3.8) is 0 Å². The van der Waals surface area contributed by atoms with Gasteiger partial charge in [-0.25, -0.2) is 4.39 Å². The summed E-state index contributed by atoms with van der Waals surface area (Å²) in [5, 5.41) is 2.79. The molecule has 24 heavy (non-hydrogen) atoms. The molecule has 0 aliphatic heterocycles. The fourth-order valence-corrected chi connectivity index (χ4v) is 2.93. The van der Waals surface area contributed by atoms with Crippen molar-refractivity contribution >= 4 is 23.2 Å². The van der Waals surface area contributed by atoms with Crippen molar-refractivity contribution < 1.29 is 9.18 Å². The third-order valence-electron chi connectivity index (χ3n) is 4.21. The minimum Gasteiger partial charge on any atom is -0.326 e. The average Bonchev–Trinajstić information content (AvgIpc) is 2.56. The first-order valence-corrected chi connectivity index (χ1v) is 9.76. The highest BCUT2D eigenvalue weighted by Gasteiger charge is 2.05. The van der Waals surface area contributed by atoms with Crippen molar-refractivity contribution in [1.82, 2.24) is 0 Å². The molecule has 0 heterocycles. The van der Waals surface area contributed by atoms with E-state index in [0.29, 0.717) is 12.1 Å². The van der Waals surface area contributed by atoms with E-state index in [2.05, 4.69) is 12.2 Å². The van der Waals surface area contributed by atoms with Crippen LogP contribution in [0.25, 0.3) is 0 Å². The first-order chi connectivity index (χ1) is 11.6. The van der Waals surface area contributed by atoms with Crippen LogP contribution in [-0.2, 0) is 4.79 Å². The number of rotatable bonds is 13. The molecule has 4 heteroatoms. The number of anilines is 1. The SMILES string of the molecule is CCCCCCCCCCCCCC(=O)Nc1ccc(F)c(Cl)c1. The summed E-state index contributed by atoms with van der Waals surface area (Å²) in [6.45, 7) is 2.25. The number of unbranched alkanes of at least 4 members (excludes halogenated alkanes) is 10. The van der Waals surface area contributed by atoms with Gasteiger partial charge in [-0.05, 0) is 24.6 Å². The summed E-state index contributed by atoms with van der Waals surface area (Å²) in [7, 11) is 0. The van der Waals surface area contributed by atoms with Crippen LogP contribution in [0.5, 0.6) is 0 Å². The number of hydrogen-bond donors (Lipinski definition) is 1. The number of benzene rings is 1. The van der Waals surface area contributed by atoms with Crippen molar-refractivity contribution in [3.05, 3.63) is 29.0 Å². The zero-order valence-electron chi connectivity index (χ0n) is 14.9. The summed E-state index contributed by atoms with van der Waals surface area (Å²) in [6.07, 6.45) is 14.4. The van der Waals surface area contributed by atoms with E-state index < -0.39 is 5.82 Å². The molecule has 0 spiro atoms. The minimum atomic E-state index is -0.472. The molecule has 0 saturated carbocycles. The van der Waals surface area contributed by atoms with Gasteiger partial charge in [-0.2, -0.15) is 0 Å². The van der Waals surface area contributed by atoms with Crippen LogP contribution in [0.2, 0.25) is 5.02 Å². The van der Waals surface area contributed by atoms with Crippen molar-refractivity contribution in [2.75, 3.05) is 5.32 Å². The molecule has 2 nitrogen and oxygen atoms in total. The molecular weight excluding hydrogens is 325 g/mol. The summed E-state index contributed by atoms with van der Waals surface area (Å²) in [6, 6.07) is 4.23. The predicted molar refractivity (Wildman–Crippen MR) is 101 cm³/mol. The van der Waals surface area contributed by atoms with Crippen LogP contribution in [-0.4, -0.2) is 5.91 Å². The van der Waals surface area contributed by atoms with Gasteiger partial charge in [-0.1, -0.05) is 82.7 Å². The van der Waals surface area contributed by atoms with Crippen molar-refractivity contribution in [2.45, 2.75) is 84.0 Å². The Morgan fingerprint density at radius 1 is 0.958 bits per heavy atom. The maximum Gasteiger partial charge on any atom is 0.224 e. The normalized spacial score (nSPS) is 10.8. The molecule has 0 radical (unpaired) electrons. The van der Waals surface area contributed by atoms with E-state index >= 15 is 0 Å². The molecule has 0 aromatic heterocycles. The topological polar surface area (TPSA) is 29.1 Å². The summed E-state index contributed by atoms with van der Waals surface area (Å²) in [5.74, 6) is -0.506. The standard InChI is InChI=1S/C20H31ClFNO/c1-2-3-4-5-6-7-8-9-10-11-12-13-20(24)23-17-14-15-19(22)18(21)16-17/h14-16H,2-13H2,1H3,(H,23,24). The van der Waals surface area contributed by atoms with Gasteiger partial charge in [0.2, 0.25) is 5.91 Å². The molecule has 0 aliphatic carbocycles. The van der Waals surface area contributed by atoms with E-state index in [1.165, 1.54) is 76.0 Å². The molecule has 0 bridgehead atoms. The fraction of sp³-hybridized carbons (Fsp3) is 0.650. The maximum absolute atomic E-state index is 13.0. The van der Waals surface area contributed by atoms with Crippen LogP contribution in [0.4, 0.5) is 10.1 Å². The highest BCUT2D eigenvalue weighted by Crippen LogP contribution is 2.19. The van der Waals surface area contributed by atoms with E-state index in [1.807, 2.05) is 0 Å². The highest BCUT2D eigenvalue weighted by atomic mass is 35.5. The van der Waals surface area contributed by atoms with Crippen molar-refractivity contribution in [3.8, 4) is 0 Å². The fourth-order valence-electron chi connectivity index (χ4n) is 2.75. The zero-order valence-corrected chi connectivity index (χ0v) is 15.6. The third kappa shape index (κ3) is 9.92. The van der Waals surface area contributed by atoms with Crippen molar-refractivity contribution in [1.29, 1.82) is 0 Å². The molecular formula is C20H31ClFNO. The van der Waals surface area contributed by atoms with Crippen LogP contribution < -0.4 is 5.32 Å². The lowest BCUT2D eigenvalue weighted by Gasteiger charge is -2.06. The van der Waals surface area contributed by atoms with E-state index in [0.717, 1.165) is 12.8 Å². The molecule has 1 aromatic rings. The average molecular weight is 356 g/mol. The van der Waals surface area contributed by atoms with Crippen molar-refractivity contribution in [2.24, 2.45) is 0 Å². The van der Waals surface area contributed by atoms with Gasteiger partial charge in [0.15, 0.2) is 0 Å². The number of amides is 1. The molecule has 1 aromatic carbocycles. The number of carbonyl (C=O) groups excluding carboxylic acids is 1. The lowest BCUT2D eigenvalue weighted by molar-refractivity contribution is -0.116. The molecule has 0 fully saturated rings. The Morgan fingerprint density at radius 3 is 2.04 bits per heavy atom. The first kappa shape index (κ1) is 21.0. The smallest absolute Gasteiger partial charge is 0.224 e. The number of nitrogens with one attached hydrogen (secondary N) is 1. The second-order valence-corrected chi connectivity index (χ2v) is 6.87. The summed E-state index contributed by atoms with van der Waals surface area (Å²) < 4.78 is 13.0. The van der Waals surface area contributed by atoms with Crippen LogP contribution in [0, 0.1) is 5.82 Å². The van der Waals surface area contributed by atoms with E-state index in [-0.39, 0.29) is 10.9 Å². The molecule has 0 saturated heterocycles. The number of carbonyl (C=O) groups is 1. The first-order valence-electron chi connectivity index (χ1n) is 9.38. The quantitative estimate of drug-likeness (QED) is 0.375. The Balaban J connectivity index is 1.97. The second-order valence-electron chi connectivity index (χ2n) is 6.46. The number of hydrogen-bond acceptors (Lipinski definition) is 1. The molecule has 0 atom stereocenters. The van der Waals surface area contributed by atoms with Gasteiger partial charge in [-0.15, -0.1) is 0 Å². The second kappa shape index (κ2) is 13.2. The lowest BCUT2D eigenvalue weighted by Crippen LogP contribution is -2.11. The number of halogens is 2. The molecule has 1 N–H and O–H groups in total. The van der Waals surface area contributed by atoms with Gasteiger partial charge in [0.05, 0.1) is 5.02 Å². The van der Waals surface area contributed by atoms with Gasteiger partial charge in [0.25, 0.3) is 0 Å². The van der Waals surface area contributed by atoms with Gasteiger partial charge in [0.1, 0.15) is 5.82 Å². The monoisotopic (exact) mass is 355 g/mol. The van der Waals surface area contributed by atoms with Crippen LogP contribution in [0.1, 0.15) is 84.0 Å². The Hall–Kier alpha value is -1.09. The van der Waals surface area contributed by atoms with Gasteiger partial charge in [-0.3, -0.25) is 4.79 Å². The maximum atomic E-state index is 13.0. The lowest BCUT2D eigenvalue weighted by atomic mass is 10.1. The van der Waals surface area contributed by atoms with Crippen LogP contribution >= 0.6 is 11.6 Å². The molecule has 0 aliphatic rings. The van der Waals surface area contributed by atoms with Gasteiger partial charge >= 0.3 is 0 Å². The molecule has 1 rings (SSSR count). The Labute approximate surface area is 151 Å². The third-order valence-corrected chi connectivity index (χ3v) is 4.50. The van der Waals surface area contributed by atoms with Crippen LogP contribution in [0.15, 0.2) is 18.2 Å². The summed E-state index contributed by atoms with van der Waals surface area (Å²) in [5.41, 5.74) is 0.550. The van der Waals surface area contributed by atoms with Crippen LogP contribution in [0.3, 0.4) is 0 Å². The Morgan fingerprint density at radius 2 is 1.50 bits per heavy atom. The summed E-state index contributed by atoms with van der Waals surface area (Å²) >= 11 is 5.69. The molecule has 1 amide bonds. The van der Waals surface area contributed by atoms with E-state index in [4.69, 9.17) is 11.6 Å². The largest absolute Gasteiger partial charge is 0.326 e. The predicted octanol–water partition coefficient (Wildman–Crippen LogP) is 7.12. The minimum absolute atomic E-state index is 0.0301. The zero-order chi connectivity index (χ0) is 17.6. The van der Waals surface area contributed by atoms with Gasteiger partial charge < -0.3 is 5.32 Å². The molecule has 0 unspecified atom stereocenters.